The van der Waals surface area contributed by atoms with Gasteiger partial charge >= 0.3 is 0 Å². The maximum atomic E-state index is 12.8. The topological polar surface area (TPSA) is 89.5 Å². The van der Waals surface area contributed by atoms with Crippen LogP contribution in [0.15, 0.2) is 18.2 Å². The Morgan fingerprint density at radius 2 is 2.19 bits per heavy atom. The molecule has 1 amide bonds. The SMILES string of the molecule is Cc1c(C(=O)N2C(C)CCCC2CN)cccc1[N+](=O)[O-]. The number of rotatable bonds is 3. The maximum Gasteiger partial charge on any atom is 0.273 e. The molecule has 2 N–H and O–H groups in total. The summed E-state index contributed by atoms with van der Waals surface area (Å²) in [6, 6.07) is 4.76. The fraction of sp³-hybridized carbons (Fsp3) is 0.533. The Kier molecular flexibility index (Phi) is 4.57. The second kappa shape index (κ2) is 6.22. The van der Waals surface area contributed by atoms with Gasteiger partial charge in [-0.05, 0) is 39.2 Å². The maximum absolute atomic E-state index is 12.8. The van der Waals surface area contributed by atoms with Crippen molar-refractivity contribution in [1.82, 2.24) is 4.90 Å². The van der Waals surface area contributed by atoms with E-state index in [1.807, 2.05) is 6.92 Å². The smallest absolute Gasteiger partial charge is 0.273 e. The van der Waals surface area contributed by atoms with Gasteiger partial charge in [0.25, 0.3) is 11.6 Å². The molecule has 1 aliphatic heterocycles. The lowest BCUT2D eigenvalue weighted by molar-refractivity contribution is -0.385. The first kappa shape index (κ1) is 15.4. The van der Waals surface area contributed by atoms with Crippen molar-refractivity contribution < 1.29 is 9.72 Å². The van der Waals surface area contributed by atoms with Crippen LogP contribution in [-0.4, -0.2) is 34.4 Å². The summed E-state index contributed by atoms with van der Waals surface area (Å²) in [5, 5.41) is 11.0. The zero-order valence-electron chi connectivity index (χ0n) is 12.4. The minimum absolute atomic E-state index is 0.0138. The van der Waals surface area contributed by atoms with Crippen molar-refractivity contribution in [2.45, 2.75) is 45.2 Å². The highest BCUT2D eigenvalue weighted by molar-refractivity contribution is 5.97. The molecule has 0 radical (unpaired) electrons. The molecule has 2 unspecified atom stereocenters. The minimum atomic E-state index is -0.452. The van der Waals surface area contributed by atoms with E-state index in [4.69, 9.17) is 5.73 Å². The van der Waals surface area contributed by atoms with Crippen molar-refractivity contribution in [3.8, 4) is 0 Å². The van der Waals surface area contributed by atoms with Gasteiger partial charge in [0.1, 0.15) is 0 Å². The summed E-state index contributed by atoms with van der Waals surface area (Å²) in [4.78, 5) is 25.2. The largest absolute Gasteiger partial charge is 0.332 e. The Morgan fingerprint density at radius 3 is 2.81 bits per heavy atom. The van der Waals surface area contributed by atoms with Gasteiger partial charge in [0, 0.05) is 35.8 Å². The van der Waals surface area contributed by atoms with Crippen molar-refractivity contribution in [3.63, 3.8) is 0 Å². The summed E-state index contributed by atoms with van der Waals surface area (Å²) >= 11 is 0. The van der Waals surface area contributed by atoms with E-state index in [-0.39, 0.29) is 23.7 Å². The summed E-state index contributed by atoms with van der Waals surface area (Å²) < 4.78 is 0. The van der Waals surface area contributed by atoms with Crippen LogP contribution in [0, 0.1) is 17.0 Å². The van der Waals surface area contributed by atoms with E-state index in [0.29, 0.717) is 17.7 Å². The van der Waals surface area contributed by atoms with Crippen molar-refractivity contribution in [3.05, 3.63) is 39.4 Å². The summed E-state index contributed by atoms with van der Waals surface area (Å²) in [6.07, 6.45) is 2.89. The quantitative estimate of drug-likeness (QED) is 0.683. The van der Waals surface area contributed by atoms with Gasteiger partial charge in [0.2, 0.25) is 0 Å². The van der Waals surface area contributed by atoms with Gasteiger partial charge < -0.3 is 10.6 Å². The number of hydrogen-bond acceptors (Lipinski definition) is 4. The number of nitro groups is 1. The fourth-order valence-electron chi connectivity index (χ4n) is 3.08. The number of nitrogens with two attached hydrogens (primary N) is 1. The molecule has 1 saturated heterocycles. The lowest BCUT2D eigenvalue weighted by atomic mass is 9.94. The number of piperidine rings is 1. The number of nitro benzene ring substituents is 1. The molecule has 1 heterocycles. The summed E-state index contributed by atoms with van der Waals surface area (Å²) in [6.45, 7) is 4.05. The number of amides is 1. The van der Waals surface area contributed by atoms with Crippen LogP contribution in [0.4, 0.5) is 5.69 Å². The predicted molar refractivity (Wildman–Crippen MR) is 80.2 cm³/mol. The van der Waals surface area contributed by atoms with Gasteiger partial charge in [0.15, 0.2) is 0 Å². The van der Waals surface area contributed by atoms with Crippen molar-refractivity contribution in [2.24, 2.45) is 5.73 Å². The normalized spacial score (nSPS) is 22.1. The average Bonchev–Trinajstić information content (AvgIpc) is 2.46. The van der Waals surface area contributed by atoms with Crippen molar-refractivity contribution >= 4 is 11.6 Å². The molecule has 0 saturated carbocycles. The zero-order chi connectivity index (χ0) is 15.6. The van der Waals surface area contributed by atoms with Crippen LogP contribution in [-0.2, 0) is 0 Å². The van der Waals surface area contributed by atoms with Gasteiger partial charge in [-0.25, -0.2) is 0 Å². The molecule has 6 heteroatoms. The van der Waals surface area contributed by atoms with Gasteiger partial charge in [-0.1, -0.05) is 6.07 Å². The molecule has 114 valence electrons. The Morgan fingerprint density at radius 1 is 1.48 bits per heavy atom. The first-order chi connectivity index (χ1) is 9.97. The van der Waals surface area contributed by atoms with Crippen LogP contribution in [0.25, 0.3) is 0 Å². The summed E-state index contributed by atoms with van der Waals surface area (Å²) in [5.74, 6) is -0.154. The number of hydrogen-bond donors (Lipinski definition) is 1. The summed E-state index contributed by atoms with van der Waals surface area (Å²) in [5.41, 5.74) is 6.58. The van der Waals surface area contributed by atoms with E-state index < -0.39 is 4.92 Å². The molecular formula is C15H21N3O3. The van der Waals surface area contributed by atoms with Crippen LogP contribution < -0.4 is 5.73 Å². The minimum Gasteiger partial charge on any atom is -0.332 e. The molecule has 2 rings (SSSR count). The van der Waals surface area contributed by atoms with Crippen molar-refractivity contribution in [2.75, 3.05) is 6.54 Å². The van der Waals surface area contributed by atoms with Crippen LogP contribution >= 0.6 is 0 Å². The standard InChI is InChI=1S/C15H21N3O3/c1-10-5-3-6-12(9-16)17(10)15(19)13-7-4-8-14(11(13)2)18(20)21/h4,7-8,10,12H,3,5-6,9,16H2,1-2H3. The molecule has 0 spiro atoms. The van der Waals surface area contributed by atoms with E-state index in [9.17, 15) is 14.9 Å². The van der Waals surface area contributed by atoms with Gasteiger partial charge in [-0.3, -0.25) is 14.9 Å². The Bertz CT molecular complexity index is 559. The van der Waals surface area contributed by atoms with E-state index in [2.05, 4.69) is 0 Å². The van der Waals surface area contributed by atoms with E-state index in [0.717, 1.165) is 19.3 Å². The lowest BCUT2D eigenvalue weighted by Gasteiger charge is -2.40. The molecule has 1 fully saturated rings. The number of carbonyl (C=O) groups is 1. The van der Waals surface area contributed by atoms with E-state index in [1.165, 1.54) is 6.07 Å². The monoisotopic (exact) mass is 291 g/mol. The molecule has 1 aromatic rings. The summed E-state index contributed by atoms with van der Waals surface area (Å²) in [7, 11) is 0. The molecule has 0 aromatic heterocycles. The third-order valence-corrected chi connectivity index (χ3v) is 4.27. The third kappa shape index (κ3) is 2.90. The van der Waals surface area contributed by atoms with Crippen LogP contribution in [0.2, 0.25) is 0 Å². The van der Waals surface area contributed by atoms with Gasteiger partial charge in [0.05, 0.1) is 4.92 Å². The van der Waals surface area contributed by atoms with Crippen molar-refractivity contribution in [1.29, 1.82) is 0 Å². The van der Waals surface area contributed by atoms with E-state index >= 15 is 0 Å². The molecule has 0 bridgehead atoms. The number of likely N-dealkylation sites (tertiary alicyclic amines) is 1. The first-order valence-electron chi connectivity index (χ1n) is 7.24. The van der Waals surface area contributed by atoms with Crippen LogP contribution in [0.1, 0.15) is 42.1 Å². The van der Waals surface area contributed by atoms with Gasteiger partial charge in [-0.2, -0.15) is 0 Å². The Labute approximate surface area is 124 Å². The highest BCUT2D eigenvalue weighted by Crippen LogP contribution is 2.28. The fourth-order valence-corrected chi connectivity index (χ4v) is 3.08. The Hall–Kier alpha value is -1.95. The number of carbonyl (C=O) groups excluding carboxylic acids is 1. The first-order valence-corrected chi connectivity index (χ1v) is 7.24. The van der Waals surface area contributed by atoms with Gasteiger partial charge in [-0.15, -0.1) is 0 Å². The molecule has 6 nitrogen and oxygen atoms in total. The second-order valence-electron chi connectivity index (χ2n) is 5.59. The lowest BCUT2D eigenvalue weighted by Crippen LogP contribution is -2.52. The predicted octanol–water partition coefficient (Wildman–Crippen LogP) is 2.25. The molecule has 1 aliphatic rings. The Balaban J connectivity index is 2.39. The molecule has 2 atom stereocenters. The highest BCUT2D eigenvalue weighted by Gasteiger charge is 2.33. The second-order valence-corrected chi connectivity index (χ2v) is 5.59. The van der Waals surface area contributed by atoms with Crippen LogP contribution in [0.3, 0.4) is 0 Å². The third-order valence-electron chi connectivity index (χ3n) is 4.27. The average molecular weight is 291 g/mol. The van der Waals surface area contributed by atoms with Crippen LogP contribution in [0.5, 0.6) is 0 Å². The number of benzene rings is 1. The molecule has 1 aromatic carbocycles. The molecule has 0 aliphatic carbocycles. The zero-order valence-corrected chi connectivity index (χ0v) is 12.4. The molecule has 21 heavy (non-hydrogen) atoms. The highest BCUT2D eigenvalue weighted by atomic mass is 16.6. The number of nitrogens with zero attached hydrogens (tertiary/aromatic N) is 2. The van der Waals surface area contributed by atoms with E-state index in [1.54, 1.807) is 24.0 Å². The molecular weight excluding hydrogens is 270 g/mol.